The molecule has 0 bridgehead atoms. The van der Waals surface area contributed by atoms with Gasteiger partial charge < -0.3 is 10.1 Å². The number of hydrogen-bond acceptors (Lipinski definition) is 5. The minimum Gasteiger partial charge on any atom is -0.378 e. The third-order valence-electron chi connectivity index (χ3n) is 4.59. The molecule has 0 heterocycles. The van der Waals surface area contributed by atoms with Crippen LogP contribution in [0.5, 0.6) is 0 Å². The predicted molar refractivity (Wildman–Crippen MR) is 103 cm³/mol. The average Bonchev–Trinajstić information content (AvgIpc) is 2.67. The zero-order valence-corrected chi connectivity index (χ0v) is 17.3. The van der Waals surface area contributed by atoms with Crippen molar-refractivity contribution in [2.45, 2.75) is 49.5 Å². The zero-order chi connectivity index (χ0) is 19.9. The number of halogens is 1. The molecule has 27 heavy (non-hydrogen) atoms. The van der Waals surface area contributed by atoms with Crippen LogP contribution in [0.2, 0.25) is 5.02 Å². The third-order valence-corrected chi connectivity index (χ3v) is 6.59. The van der Waals surface area contributed by atoms with Crippen LogP contribution in [0.15, 0.2) is 23.1 Å². The Morgan fingerprint density at radius 1 is 1.30 bits per heavy atom. The zero-order valence-electron chi connectivity index (χ0n) is 15.7. The molecule has 1 aromatic rings. The lowest BCUT2D eigenvalue weighted by molar-refractivity contribution is -0.0258. The van der Waals surface area contributed by atoms with Gasteiger partial charge in [0.1, 0.15) is 0 Å². The van der Waals surface area contributed by atoms with Gasteiger partial charge in [-0.05, 0) is 37.5 Å². The number of ether oxygens (including phenoxy) is 1. The fourth-order valence-corrected chi connectivity index (χ4v) is 4.14. The Morgan fingerprint density at radius 3 is 2.67 bits per heavy atom. The predicted octanol–water partition coefficient (Wildman–Crippen LogP) is 2.99. The average molecular weight is 419 g/mol. The number of carbonyl (C=O) groups excluding carboxylic acids is 1. The van der Waals surface area contributed by atoms with Crippen LogP contribution in [0.4, 0.5) is 0 Å². The molecule has 152 valence electrons. The molecule has 1 aromatic carbocycles. The first-order chi connectivity index (χ1) is 12.9. The van der Waals surface area contributed by atoms with Crippen molar-refractivity contribution in [2.75, 3.05) is 27.3 Å². The molecular formula is C18H27ClN2O5S. The standard InChI is InChI=1S/C18H27ClN2O5S/c1-21(25-2)27(23,24)15-9-10-17(19)16(13-15)18(22)20-11-6-12-26-14-7-4-3-5-8-14/h9-10,13-14H,3-8,11-12H2,1-2H3,(H,20,22). The third kappa shape index (κ3) is 6.15. The number of amides is 1. The quantitative estimate of drug-likeness (QED) is 0.492. The summed E-state index contributed by atoms with van der Waals surface area (Å²) in [6.45, 7) is 1.02. The van der Waals surface area contributed by atoms with Crippen LogP contribution in [0.3, 0.4) is 0 Å². The summed E-state index contributed by atoms with van der Waals surface area (Å²) in [6.07, 6.45) is 6.96. The molecule has 1 N–H and O–H groups in total. The monoisotopic (exact) mass is 418 g/mol. The van der Waals surface area contributed by atoms with Crippen molar-refractivity contribution in [1.29, 1.82) is 0 Å². The molecule has 0 atom stereocenters. The van der Waals surface area contributed by atoms with E-state index < -0.39 is 15.9 Å². The highest BCUT2D eigenvalue weighted by atomic mass is 35.5. The van der Waals surface area contributed by atoms with Gasteiger partial charge in [-0.2, -0.15) is 0 Å². The van der Waals surface area contributed by atoms with E-state index in [2.05, 4.69) is 5.32 Å². The van der Waals surface area contributed by atoms with E-state index in [4.69, 9.17) is 21.2 Å². The van der Waals surface area contributed by atoms with Crippen molar-refractivity contribution in [1.82, 2.24) is 9.79 Å². The van der Waals surface area contributed by atoms with Gasteiger partial charge in [-0.1, -0.05) is 35.3 Å². The van der Waals surface area contributed by atoms with Gasteiger partial charge in [0.15, 0.2) is 0 Å². The summed E-state index contributed by atoms with van der Waals surface area (Å²) in [5.74, 6) is -0.421. The maximum Gasteiger partial charge on any atom is 0.264 e. The largest absolute Gasteiger partial charge is 0.378 e. The summed E-state index contributed by atoms with van der Waals surface area (Å²) in [7, 11) is -1.33. The van der Waals surface area contributed by atoms with Crippen LogP contribution in [0, 0.1) is 0 Å². The van der Waals surface area contributed by atoms with E-state index in [0.717, 1.165) is 17.3 Å². The summed E-state index contributed by atoms with van der Waals surface area (Å²) < 4.78 is 31.2. The van der Waals surface area contributed by atoms with Crippen LogP contribution in [0.25, 0.3) is 0 Å². The molecule has 1 saturated carbocycles. The van der Waals surface area contributed by atoms with E-state index in [0.29, 0.717) is 25.7 Å². The molecule has 0 unspecified atom stereocenters. The van der Waals surface area contributed by atoms with Crippen LogP contribution < -0.4 is 5.32 Å². The molecule has 1 aliphatic carbocycles. The Balaban J connectivity index is 1.89. The number of benzene rings is 1. The van der Waals surface area contributed by atoms with E-state index >= 15 is 0 Å². The highest BCUT2D eigenvalue weighted by molar-refractivity contribution is 7.89. The number of hydroxylamine groups is 1. The van der Waals surface area contributed by atoms with Gasteiger partial charge in [-0.25, -0.2) is 8.42 Å². The van der Waals surface area contributed by atoms with Crippen molar-refractivity contribution >= 4 is 27.5 Å². The van der Waals surface area contributed by atoms with Crippen molar-refractivity contribution in [3.8, 4) is 0 Å². The van der Waals surface area contributed by atoms with Gasteiger partial charge in [0.25, 0.3) is 15.9 Å². The first-order valence-electron chi connectivity index (χ1n) is 9.08. The SMILES string of the molecule is CON(C)S(=O)(=O)c1ccc(Cl)c(C(=O)NCCCOC2CCCCC2)c1. The Morgan fingerprint density at radius 2 is 2.00 bits per heavy atom. The minimum atomic E-state index is -3.85. The van der Waals surface area contributed by atoms with Crippen molar-refractivity contribution in [3.63, 3.8) is 0 Å². The smallest absolute Gasteiger partial charge is 0.264 e. The Kier molecular flexibility index (Phi) is 8.50. The van der Waals surface area contributed by atoms with Gasteiger partial charge in [0.2, 0.25) is 0 Å². The van der Waals surface area contributed by atoms with E-state index in [1.165, 1.54) is 51.6 Å². The lowest BCUT2D eigenvalue weighted by Crippen LogP contribution is -2.28. The van der Waals surface area contributed by atoms with Crippen LogP contribution >= 0.6 is 11.6 Å². The topological polar surface area (TPSA) is 84.9 Å². The number of rotatable bonds is 9. The second-order valence-corrected chi connectivity index (χ2v) is 8.82. The number of nitrogens with one attached hydrogen (secondary N) is 1. The fourth-order valence-electron chi connectivity index (χ4n) is 2.94. The number of nitrogens with zero attached hydrogens (tertiary/aromatic N) is 1. The highest BCUT2D eigenvalue weighted by Gasteiger charge is 2.23. The van der Waals surface area contributed by atoms with Crippen LogP contribution in [-0.4, -0.2) is 52.2 Å². The summed E-state index contributed by atoms with van der Waals surface area (Å²) in [5.41, 5.74) is 0.107. The molecule has 2 rings (SSSR count). The number of carbonyl (C=O) groups is 1. The fraction of sp³-hybridized carbons (Fsp3) is 0.611. The molecule has 0 aromatic heterocycles. The van der Waals surface area contributed by atoms with E-state index in [1.54, 1.807) is 0 Å². The van der Waals surface area contributed by atoms with E-state index in [9.17, 15) is 13.2 Å². The second-order valence-electron chi connectivity index (χ2n) is 6.48. The normalized spacial score (nSPS) is 15.9. The molecule has 1 fully saturated rings. The first-order valence-corrected chi connectivity index (χ1v) is 10.9. The minimum absolute atomic E-state index is 0.0676. The van der Waals surface area contributed by atoms with Crippen molar-refractivity contribution in [3.05, 3.63) is 28.8 Å². The maximum atomic E-state index is 12.4. The van der Waals surface area contributed by atoms with Crippen molar-refractivity contribution in [2.24, 2.45) is 0 Å². The summed E-state index contributed by atoms with van der Waals surface area (Å²) >= 11 is 6.07. The Hall–Kier alpha value is -1.19. The Bertz CT molecular complexity index is 735. The molecular weight excluding hydrogens is 392 g/mol. The molecule has 9 heteroatoms. The van der Waals surface area contributed by atoms with E-state index in [-0.39, 0.29) is 15.5 Å². The highest BCUT2D eigenvalue weighted by Crippen LogP contribution is 2.23. The number of sulfonamides is 1. The Labute approximate surface area is 166 Å². The van der Waals surface area contributed by atoms with Crippen LogP contribution in [-0.2, 0) is 19.6 Å². The first kappa shape index (κ1) is 22.1. The van der Waals surface area contributed by atoms with E-state index in [1.807, 2.05) is 0 Å². The molecule has 0 radical (unpaired) electrons. The summed E-state index contributed by atoms with van der Waals surface area (Å²) in [6, 6.07) is 3.97. The summed E-state index contributed by atoms with van der Waals surface area (Å²) in [4.78, 5) is 17.0. The molecule has 0 spiro atoms. The molecule has 0 saturated heterocycles. The summed E-state index contributed by atoms with van der Waals surface area (Å²) in [5, 5.41) is 2.94. The van der Waals surface area contributed by atoms with Gasteiger partial charge >= 0.3 is 0 Å². The van der Waals surface area contributed by atoms with Crippen LogP contribution in [0.1, 0.15) is 48.9 Å². The lowest BCUT2D eigenvalue weighted by Gasteiger charge is -2.21. The molecule has 0 aliphatic heterocycles. The molecule has 7 nitrogen and oxygen atoms in total. The molecule has 1 amide bonds. The van der Waals surface area contributed by atoms with Crippen molar-refractivity contribution < 1.29 is 22.8 Å². The van der Waals surface area contributed by atoms with Gasteiger partial charge in [-0.3, -0.25) is 9.63 Å². The maximum absolute atomic E-state index is 12.4. The van der Waals surface area contributed by atoms with Gasteiger partial charge in [0.05, 0.1) is 28.7 Å². The molecule has 1 aliphatic rings. The lowest BCUT2D eigenvalue weighted by atomic mass is 9.98. The van der Waals surface area contributed by atoms with Gasteiger partial charge in [0, 0.05) is 20.2 Å². The van der Waals surface area contributed by atoms with Gasteiger partial charge in [-0.15, -0.1) is 0 Å². The number of hydrogen-bond donors (Lipinski definition) is 1. The second kappa shape index (κ2) is 10.4.